The summed E-state index contributed by atoms with van der Waals surface area (Å²) < 4.78 is 13.7. The molecule has 2 amide bonds. The third kappa shape index (κ3) is 3.93. The molecule has 1 N–H and O–H groups in total. The Bertz CT molecular complexity index is 827. The van der Waals surface area contributed by atoms with Crippen molar-refractivity contribution in [3.63, 3.8) is 0 Å². The average Bonchev–Trinajstić information content (AvgIpc) is 2.64. The van der Waals surface area contributed by atoms with Gasteiger partial charge in [-0.1, -0.05) is 18.2 Å². The van der Waals surface area contributed by atoms with Crippen LogP contribution >= 0.6 is 0 Å². The summed E-state index contributed by atoms with van der Waals surface area (Å²) in [5, 5.41) is 2.87. The Balaban J connectivity index is 1.57. The molecule has 1 saturated heterocycles. The smallest absolute Gasteiger partial charge is 0.254 e. The molecule has 2 aromatic rings. The molecule has 2 aromatic carbocycles. The predicted octanol–water partition coefficient (Wildman–Crippen LogP) is 3.48. The number of hydrogen-bond donors (Lipinski definition) is 1. The molecule has 0 radical (unpaired) electrons. The molecule has 1 fully saturated rings. The van der Waals surface area contributed by atoms with Crippen molar-refractivity contribution < 1.29 is 14.0 Å². The van der Waals surface area contributed by atoms with Gasteiger partial charge in [-0.05, 0) is 62.1 Å². The summed E-state index contributed by atoms with van der Waals surface area (Å²) in [7, 11) is 0. The molecule has 0 atom stereocenters. The number of amides is 2. The second-order valence-electron chi connectivity index (χ2n) is 6.82. The maximum Gasteiger partial charge on any atom is 0.254 e. The van der Waals surface area contributed by atoms with Gasteiger partial charge in [-0.2, -0.15) is 0 Å². The molecule has 0 aliphatic carbocycles. The maximum atomic E-state index is 13.7. The minimum absolute atomic E-state index is 0.0204. The topological polar surface area (TPSA) is 49.4 Å². The third-order valence-corrected chi connectivity index (χ3v) is 4.99. The Morgan fingerprint density at radius 1 is 1.04 bits per heavy atom. The van der Waals surface area contributed by atoms with Crippen LogP contribution in [0, 0.1) is 19.7 Å². The first-order valence-corrected chi connectivity index (χ1v) is 8.87. The fraction of sp³-hybridized carbons (Fsp3) is 0.333. The van der Waals surface area contributed by atoms with Crippen LogP contribution in [0.3, 0.4) is 0 Å². The number of rotatable bonds is 3. The van der Waals surface area contributed by atoms with Gasteiger partial charge in [0.25, 0.3) is 11.8 Å². The molecular formula is C21H23FN2O2. The number of carbonyl (C=O) groups is 2. The van der Waals surface area contributed by atoms with E-state index < -0.39 is 11.7 Å². The molecule has 3 rings (SSSR count). The number of carbonyl (C=O) groups excluding carboxylic acids is 2. The van der Waals surface area contributed by atoms with Crippen LogP contribution in [0.25, 0.3) is 0 Å². The van der Waals surface area contributed by atoms with Crippen LogP contribution in [0.2, 0.25) is 0 Å². The number of likely N-dealkylation sites (tertiary alicyclic amines) is 1. The molecule has 5 heteroatoms. The van der Waals surface area contributed by atoms with Gasteiger partial charge in [-0.3, -0.25) is 9.59 Å². The molecule has 26 heavy (non-hydrogen) atoms. The SMILES string of the molecule is Cc1ccc(C(=O)N2CCC(NC(=O)c3ccccc3F)CC2)cc1C. The van der Waals surface area contributed by atoms with E-state index in [0.717, 1.165) is 11.1 Å². The first-order chi connectivity index (χ1) is 12.5. The maximum absolute atomic E-state index is 13.7. The van der Waals surface area contributed by atoms with Gasteiger partial charge in [-0.15, -0.1) is 0 Å². The molecule has 1 heterocycles. The number of nitrogens with one attached hydrogen (secondary N) is 1. The fourth-order valence-electron chi connectivity index (χ4n) is 3.19. The lowest BCUT2D eigenvalue weighted by molar-refractivity contribution is 0.0698. The van der Waals surface area contributed by atoms with E-state index in [2.05, 4.69) is 5.32 Å². The van der Waals surface area contributed by atoms with E-state index in [4.69, 9.17) is 0 Å². The van der Waals surface area contributed by atoms with E-state index in [1.807, 2.05) is 36.9 Å². The van der Waals surface area contributed by atoms with Gasteiger partial charge in [-0.25, -0.2) is 4.39 Å². The van der Waals surface area contributed by atoms with Crippen molar-refractivity contribution in [2.45, 2.75) is 32.7 Å². The minimum atomic E-state index is -0.521. The molecule has 136 valence electrons. The quantitative estimate of drug-likeness (QED) is 0.917. The number of halogens is 1. The highest BCUT2D eigenvalue weighted by Crippen LogP contribution is 2.17. The van der Waals surface area contributed by atoms with Gasteiger partial charge >= 0.3 is 0 Å². The summed E-state index contributed by atoms with van der Waals surface area (Å²) in [5.74, 6) is -0.902. The van der Waals surface area contributed by atoms with Crippen LogP contribution in [0.4, 0.5) is 4.39 Å². The molecule has 0 aromatic heterocycles. The molecule has 1 aliphatic rings. The molecule has 0 saturated carbocycles. The molecular weight excluding hydrogens is 331 g/mol. The summed E-state index contributed by atoms with van der Waals surface area (Å²) in [6.45, 7) is 5.17. The highest BCUT2D eigenvalue weighted by molar-refractivity contribution is 5.95. The Morgan fingerprint density at radius 3 is 2.38 bits per heavy atom. The van der Waals surface area contributed by atoms with Crippen LogP contribution < -0.4 is 5.32 Å². The Hall–Kier alpha value is -2.69. The van der Waals surface area contributed by atoms with Crippen molar-refractivity contribution in [2.75, 3.05) is 13.1 Å². The second kappa shape index (κ2) is 7.68. The van der Waals surface area contributed by atoms with Crippen molar-refractivity contribution in [3.05, 3.63) is 70.5 Å². The molecule has 0 bridgehead atoms. The monoisotopic (exact) mass is 354 g/mol. The molecule has 0 unspecified atom stereocenters. The van der Waals surface area contributed by atoms with Crippen LogP contribution in [0.1, 0.15) is 44.7 Å². The first kappa shape index (κ1) is 18.1. The van der Waals surface area contributed by atoms with Crippen molar-refractivity contribution in [3.8, 4) is 0 Å². The first-order valence-electron chi connectivity index (χ1n) is 8.87. The summed E-state index contributed by atoms with van der Waals surface area (Å²) >= 11 is 0. The average molecular weight is 354 g/mol. The number of benzene rings is 2. The minimum Gasteiger partial charge on any atom is -0.349 e. The third-order valence-electron chi connectivity index (χ3n) is 4.99. The zero-order chi connectivity index (χ0) is 18.7. The van der Waals surface area contributed by atoms with Crippen LogP contribution in [-0.2, 0) is 0 Å². The Labute approximate surface area is 153 Å². The van der Waals surface area contributed by atoms with E-state index in [1.54, 1.807) is 12.1 Å². The van der Waals surface area contributed by atoms with Gasteiger partial charge in [0.05, 0.1) is 5.56 Å². The van der Waals surface area contributed by atoms with E-state index in [0.29, 0.717) is 31.5 Å². The zero-order valence-corrected chi connectivity index (χ0v) is 15.1. The van der Waals surface area contributed by atoms with Crippen LogP contribution in [0.15, 0.2) is 42.5 Å². The lowest BCUT2D eigenvalue weighted by Crippen LogP contribution is -2.46. The van der Waals surface area contributed by atoms with Crippen molar-refractivity contribution in [1.82, 2.24) is 10.2 Å². The largest absolute Gasteiger partial charge is 0.349 e. The lowest BCUT2D eigenvalue weighted by atomic mass is 10.0. The number of nitrogens with zero attached hydrogens (tertiary/aromatic N) is 1. The van der Waals surface area contributed by atoms with Crippen molar-refractivity contribution >= 4 is 11.8 Å². The number of aryl methyl sites for hydroxylation is 2. The predicted molar refractivity (Wildman–Crippen MR) is 98.7 cm³/mol. The van der Waals surface area contributed by atoms with Gasteiger partial charge < -0.3 is 10.2 Å². The standard InChI is InChI=1S/C21H23FN2O2/c1-14-7-8-16(13-15(14)2)21(26)24-11-9-17(10-12-24)23-20(25)18-5-3-4-6-19(18)22/h3-8,13,17H,9-12H2,1-2H3,(H,23,25). The van der Waals surface area contributed by atoms with E-state index >= 15 is 0 Å². The van der Waals surface area contributed by atoms with E-state index in [1.165, 1.54) is 12.1 Å². The summed E-state index contributed by atoms with van der Waals surface area (Å²) in [6, 6.07) is 11.6. The molecule has 0 spiro atoms. The molecule has 1 aliphatic heterocycles. The van der Waals surface area contributed by atoms with Crippen molar-refractivity contribution in [1.29, 1.82) is 0 Å². The lowest BCUT2D eigenvalue weighted by Gasteiger charge is -2.32. The normalized spacial score (nSPS) is 15.0. The number of piperidine rings is 1. The number of hydrogen-bond acceptors (Lipinski definition) is 2. The van der Waals surface area contributed by atoms with E-state index in [-0.39, 0.29) is 17.5 Å². The van der Waals surface area contributed by atoms with Gasteiger partial charge in [0, 0.05) is 24.7 Å². The van der Waals surface area contributed by atoms with Gasteiger partial charge in [0.1, 0.15) is 5.82 Å². The van der Waals surface area contributed by atoms with Crippen LogP contribution in [0.5, 0.6) is 0 Å². The Morgan fingerprint density at radius 2 is 1.73 bits per heavy atom. The highest BCUT2D eigenvalue weighted by Gasteiger charge is 2.25. The summed E-state index contributed by atoms with van der Waals surface area (Å²) in [6.07, 6.45) is 1.33. The zero-order valence-electron chi connectivity index (χ0n) is 15.1. The van der Waals surface area contributed by atoms with Gasteiger partial charge in [0.2, 0.25) is 0 Å². The molecule has 4 nitrogen and oxygen atoms in total. The summed E-state index contributed by atoms with van der Waals surface area (Å²) in [5.41, 5.74) is 3.02. The van der Waals surface area contributed by atoms with E-state index in [9.17, 15) is 14.0 Å². The fourth-order valence-corrected chi connectivity index (χ4v) is 3.19. The van der Waals surface area contributed by atoms with Crippen LogP contribution in [-0.4, -0.2) is 35.8 Å². The second-order valence-corrected chi connectivity index (χ2v) is 6.82. The van der Waals surface area contributed by atoms with Crippen molar-refractivity contribution in [2.24, 2.45) is 0 Å². The Kier molecular flexibility index (Phi) is 5.35. The van der Waals surface area contributed by atoms with Gasteiger partial charge in [0.15, 0.2) is 0 Å². The summed E-state index contributed by atoms with van der Waals surface area (Å²) in [4.78, 5) is 26.7. The highest BCUT2D eigenvalue weighted by atomic mass is 19.1.